The van der Waals surface area contributed by atoms with Gasteiger partial charge in [-0.15, -0.1) is 0 Å². The van der Waals surface area contributed by atoms with Crippen LogP contribution >= 0.6 is 0 Å². The highest BCUT2D eigenvalue weighted by atomic mass is 16.5. The second kappa shape index (κ2) is 7.41. The number of aromatic nitrogens is 2. The molecule has 1 N–H and O–H groups in total. The molecule has 5 nitrogen and oxygen atoms in total. The van der Waals surface area contributed by atoms with Crippen molar-refractivity contribution in [3.63, 3.8) is 0 Å². The molecule has 0 unspecified atom stereocenters. The molecule has 0 saturated heterocycles. The SMILES string of the molecule is CC(C)(Oc1ccc2c(c1)c(-c1ccc3ccccc3n1)c1n2CCCCC1)C(=O)O. The summed E-state index contributed by atoms with van der Waals surface area (Å²) in [6.45, 7) is 4.13. The van der Waals surface area contributed by atoms with Crippen LogP contribution in [0, 0.1) is 0 Å². The van der Waals surface area contributed by atoms with Gasteiger partial charge in [0.25, 0.3) is 0 Å². The molecule has 5 rings (SSSR count). The van der Waals surface area contributed by atoms with Crippen molar-refractivity contribution in [1.82, 2.24) is 9.55 Å². The lowest BCUT2D eigenvalue weighted by Gasteiger charge is -2.21. The van der Waals surface area contributed by atoms with Crippen molar-refractivity contribution in [2.45, 2.75) is 51.7 Å². The molecule has 158 valence electrons. The summed E-state index contributed by atoms with van der Waals surface area (Å²) in [7, 11) is 0. The van der Waals surface area contributed by atoms with E-state index in [0.717, 1.165) is 58.9 Å². The van der Waals surface area contributed by atoms with Gasteiger partial charge in [-0.1, -0.05) is 30.7 Å². The summed E-state index contributed by atoms with van der Waals surface area (Å²) in [5.41, 5.74) is 4.23. The van der Waals surface area contributed by atoms with Gasteiger partial charge in [-0.2, -0.15) is 0 Å². The number of carboxylic acid groups (broad SMARTS) is 1. The molecular weight excluding hydrogens is 388 g/mol. The van der Waals surface area contributed by atoms with Gasteiger partial charge >= 0.3 is 5.97 Å². The van der Waals surface area contributed by atoms with E-state index in [0.29, 0.717) is 5.75 Å². The molecule has 0 atom stereocenters. The quantitative estimate of drug-likeness (QED) is 0.457. The molecule has 1 aliphatic rings. The van der Waals surface area contributed by atoms with Gasteiger partial charge in [-0.3, -0.25) is 0 Å². The third-order valence-electron chi connectivity index (χ3n) is 6.18. The van der Waals surface area contributed by atoms with E-state index < -0.39 is 11.6 Å². The lowest BCUT2D eigenvalue weighted by Crippen LogP contribution is -2.37. The minimum Gasteiger partial charge on any atom is -0.478 e. The lowest BCUT2D eigenvalue weighted by atomic mass is 10.0. The number of carbonyl (C=O) groups is 1. The molecule has 0 aliphatic carbocycles. The molecule has 0 spiro atoms. The van der Waals surface area contributed by atoms with Gasteiger partial charge in [0.05, 0.1) is 11.2 Å². The van der Waals surface area contributed by atoms with Gasteiger partial charge in [0.2, 0.25) is 0 Å². The number of benzene rings is 2. The Morgan fingerprint density at radius 1 is 1.06 bits per heavy atom. The van der Waals surface area contributed by atoms with E-state index in [4.69, 9.17) is 9.72 Å². The van der Waals surface area contributed by atoms with Gasteiger partial charge in [-0.25, -0.2) is 9.78 Å². The third-order valence-corrected chi connectivity index (χ3v) is 6.18. The minimum absolute atomic E-state index is 0.558. The fourth-order valence-corrected chi connectivity index (χ4v) is 4.53. The number of nitrogens with zero attached hydrogens (tertiary/aromatic N) is 2. The molecule has 0 fully saturated rings. The maximum absolute atomic E-state index is 11.6. The van der Waals surface area contributed by atoms with Crippen LogP contribution < -0.4 is 4.74 Å². The molecule has 0 saturated carbocycles. The van der Waals surface area contributed by atoms with Crippen LogP contribution in [-0.4, -0.2) is 26.2 Å². The summed E-state index contributed by atoms with van der Waals surface area (Å²) >= 11 is 0. The zero-order valence-electron chi connectivity index (χ0n) is 17.9. The molecule has 4 aromatic rings. The molecular formula is C26H26N2O3. The lowest BCUT2D eigenvalue weighted by molar-refractivity contribution is -0.152. The van der Waals surface area contributed by atoms with E-state index in [1.165, 1.54) is 12.1 Å². The number of para-hydroxylation sites is 1. The standard InChI is InChI=1S/C26H26N2O3/c1-26(2,25(29)30)31-18-12-14-22-19(16-18)24(23-10-4-3-7-15-28(22)23)21-13-11-17-8-5-6-9-20(17)27-21/h5-6,8-9,11-14,16H,3-4,7,10,15H2,1-2H3,(H,29,30). The predicted octanol–water partition coefficient (Wildman–Crippen LogP) is 5.82. The molecule has 5 heteroatoms. The van der Waals surface area contributed by atoms with Crippen LogP contribution in [-0.2, 0) is 17.8 Å². The second-order valence-corrected chi connectivity index (χ2v) is 8.77. The van der Waals surface area contributed by atoms with Gasteiger partial charge in [0.1, 0.15) is 5.75 Å². The van der Waals surface area contributed by atoms with E-state index in [1.807, 2.05) is 30.3 Å². The number of fused-ring (bicyclic) bond motifs is 4. The summed E-state index contributed by atoms with van der Waals surface area (Å²) in [5.74, 6) is -0.431. The molecule has 0 amide bonds. The Kier molecular flexibility index (Phi) is 4.69. The first kappa shape index (κ1) is 19.6. The zero-order valence-corrected chi connectivity index (χ0v) is 17.9. The fraction of sp³-hybridized carbons (Fsp3) is 0.308. The van der Waals surface area contributed by atoms with Crippen LogP contribution in [0.3, 0.4) is 0 Å². The van der Waals surface area contributed by atoms with E-state index >= 15 is 0 Å². The molecule has 31 heavy (non-hydrogen) atoms. The molecule has 1 aliphatic heterocycles. The first-order valence-electron chi connectivity index (χ1n) is 10.9. The van der Waals surface area contributed by atoms with Crippen LogP contribution in [0.15, 0.2) is 54.6 Å². The maximum Gasteiger partial charge on any atom is 0.347 e. The topological polar surface area (TPSA) is 64.4 Å². The summed E-state index contributed by atoms with van der Waals surface area (Å²) in [6, 6.07) is 18.3. The van der Waals surface area contributed by atoms with Crippen molar-refractivity contribution >= 4 is 27.8 Å². The average Bonchev–Trinajstić information content (AvgIpc) is 2.88. The molecule has 0 radical (unpaired) electrons. The number of aliphatic carboxylic acids is 1. The first-order chi connectivity index (χ1) is 14.9. The van der Waals surface area contributed by atoms with Gasteiger partial charge in [0.15, 0.2) is 5.60 Å². The van der Waals surface area contributed by atoms with E-state index in [9.17, 15) is 9.90 Å². The van der Waals surface area contributed by atoms with Crippen molar-refractivity contribution < 1.29 is 14.6 Å². The Morgan fingerprint density at radius 2 is 1.90 bits per heavy atom. The van der Waals surface area contributed by atoms with Crippen molar-refractivity contribution in [3.05, 3.63) is 60.3 Å². The Bertz CT molecular complexity index is 1300. The zero-order chi connectivity index (χ0) is 21.6. The average molecular weight is 415 g/mol. The van der Waals surface area contributed by atoms with Crippen LogP contribution in [0.5, 0.6) is 5.75 Å². The van der Waals surface area contributed by atoms with Crippen molar-refractivity contribution in [2.24, 2.45) is 0 Å². The Balaban J connectivity index is 1.73. The van der Waals surface area contributed by atoms with Gasteiger partial charge in [-0.05, 0) is 63.4 Å². The Labute approximate surface area is 181 Å². The summed E-state index contributed by atoms with van der Waals surface area (Å²) in [5, 5.41) is 11.7. The van der Waals surface area contributed by atoms with Gasteiger partial charge in [0, 0.05) is 34.1 Å². The Hall–Kier alpha value is -3.34. The number of pyridine rings is 1. The first-order valence-corrected chi connectivity index (χ1v) is 10.9. The number of aryl methyl sites for hydroxylation is 1. The fourth-order valence-electron chi connectivity index (χ4n) is 4.53. The predicted molar refractivity (Wildman–Crippen MR) is 123 cm³/mol. The highest BCUT2D eigenvalue weighted by Crippen LogP contribution is 2.39. The van der Waals surface area contributed by atoms with Crippen LogP contribution in [0.4, 0.5) is 0 Å². The number of hydrogen-bond acceptors (Lipinski definition) is 3. The van der Waals surface area contributed by atoms with Gasteiger partial charge < -0.3 is 14.4 Å². The molecule has 2 aromatic heterocycles. The monoisotopic (exact) mass is 414 g/mol. The van der Waals surface area contributed by atoms with E-state index in [1.54, 1.807) is 13.8 Å². The third kappa shape index (κ3) is 3.44. The maximum atomic E-state index is 11.6. The van der Waals surface area contributed by atoms with Crippen LogP contribution in [0.2, 0.25) is 0 Å². The summed E-state index contributed by atoms with van der Waals surface area (Å²) in [4.78, 5) is 16.6. The van der Waals surface area contributed by atoms with Crippen molar-refractivity contribution in [3.8, 4) is 17.0 Å². The van der Waals surface area contributed by atoms with E-state index in [2.05, 4.69) is 28.8 Å². The van der Waals surface area contributed by atoms with Crippen LogP contribution in [0.1, 0.15) is 38.8 Å². The number of hydrogen-bond donors (Lipinski definition) is 1. The Morgan fingerprint density at radius 3 is 2.74 bits per heavy atom. The van der Waals surface area contributed by atoms with Crippen molar-refractivity contribution in [2.75, 3.05) is 0 Å². The molecule has 0 bridgehead atoms. The smallest absolute Gasteiger partial charge is 0.347 e. The highest BCUT2D eigenvalue weighted by molar-refractivity contribution is 5.99. The molecule has 2 aromatic carbocycles. The largest absolute Gasteiger partial charge is 0.478 e. The minimum atomic E-state index is -1.30. The normalized spacial score (nSPS) is 14.4. The van der Waals surface area contributed by atoms with Crippen LogP contribution in [0.25, 0.3) is 33.1 Å². The summed E-state index contributed by atoms with van der Waals surface area (Å²) in [6.07, 6.45) is 4.55. The number of ether oxygens (including phenoxy) is 1. The summed E-state index contributed by atoms with van der Waals surface area (Å²) < 4.78 is 8.28. The highest BCUT2D eigenvalue weighted by Gasteiger charge is 2.30. The second-order valence-electron chi connectivity index (χ2n) is 8.77. The number of carboxylic acids is 1. The van der Waals surface area contributed by atoms with Crippen molar-refractivity contribution in [1.29, 1.82) is 0 Å². The van der Waals surface area contributed by atoms with E-state index in [-0.39, 0.29) is 0 Å². The number of rotatable bonds is 4. The molecule has 3 heterocycles.